The Morgan fingerprint density at radius 1 is 1.12 bits per heavy atom. The maximum Gasteiger partial charge on any atom is 0.421 e. The van der Waals surface area contributed by atoms with E-state index in [1.165, 1.54) is 12.3 Å². The third-order valence-electron chi connectivity index (χ3n) is 5.80. The number of pyridine rings is 2. The number of nitrogens with one attached hydrogen (secondary N) is 1. The molecule has 5 nitrogen and oxygen atoms in total. The Bertz CT molecular complexity index is 1140. The molecular weight excluding hydrogens is 438 g/mol. The van der Waals surface area contributed by atoms with Crippen LogP contribution in [0, 0.1) is 11.6 Å². The van der Waals surface area contributed by atoms with E-state index in [1.807, 2.05) is 0 Å². The van der Waals surface area contributed by atoms with Gasteiger partial charge in [-0.1, -0.05) is 18.9 Å². The van der Waals surface area contributed by atoms with Crippen molar-refractivity contribution in [2.24, 2.45) is 0 Å². The number of aromatic nitrogens is 3. The molecule has 0 unspecified atom stereocenters. The molecule has 32 heavy (non-hydrogen) atoms. The van der Waals surface area contributed by atoms with Gasteiger partial charge in [0.15, 0.2) is 23.1 Å². The van der Waals surface area contributed by atoms with Crippen molar-refractivity contribution >= 4 is 11.5 Å². The van der Waals surface area contributed by atoms with E-state index in [-0.39, 0.29) is 22.9 Å². The number of anilines is 1. The van der Waals surface area contributed by atoms with E-state index in [2.05, 4.69) is 15.3 Å². The summed E-state index contributed by atoms with van der Waals surface area (Å²) in [5, 5.41) is 12.7. The zero-order valence-corrected chi connectivity index (χ0v) is 16.9. The molecule has 0 aliphatic heterocycles. The lowest BCUT2D eigenvalue weighted by Gasteiger charge is -2.27. The van der Waals surface area contributed by atoms with Gasteiger partial charge in [-0.25, -0.2) is 23.1 Å². The van der Waals surface area contributed by atoms with E-state index < -0.39 is 41.2 Å². The van der Waals surface area contributed by atoms with E-state index in [1.54, 1.807) is 0 Å². The minimum atomic E-state index is -4.96. The summed E-state index contributed by atoms with van der Waals surface area (Å²) >= 11 is 0. The maximum atomic E-state index is 14.6. The summed E-state index contributed by atoms with van der Waals surface area (Å²) in [4.78, 5) is 7.98. The molecule has 0 bridgehead atoms. The maximum absolute atomic E-state index is 14.6. The van der Waals surface area contributed by atoms with Gasteiger partial charge in [-0.05, 0) is 25.8 Å². The Labute approximate surface area is 179 Å². The lowest BCUT2D eigenvalue weighted by molar-refractivity contribution is -0.259. The fourth-order valence-corrected chi connectivity index (χ4v) is 3.78. The third kappa shape index (κ3) is 3.89. The zero-order chi connectivity index (χ0) is 23.3. The number of hydrogen-bond acceptors (Lipinski definition) is 4. The molecule has 3 heterocycles. The molecule has 11 heteroatoms. The van der Waals surface area contributed by atoms with Crippen molar-refractivity contribution in [3.05, 3.63) is 47.8 Å². The molecule has 3 aromatic heterocycles. The third-order valence-corrected chi connectivity index (χ3v) is 5.80. The van der Waals surface area contributed by atoms with Crippen LogP contribution in [0.15, 0.2) is 30.6 Å². The summed E-state index contributed by atoms with van der Waals surface area (Å²) in [5.41, 5.74) is -3.93. The van der Waals surface area contributed by atoms with E-state index in [0.717, 1.165) is 29.5 Å². The number of fused-ring (bicyclic) bond motifs is 1. The van der Waals surface area contributed by atoms with Crippen LogP contribution in [-0.2, 0) is 5.60 Å². The van der Waals surface area contributed by atoms with Crippen LogP contribution >= 0.6 is 0 Å². The number of alkyl halides is 4. The molecule has 2 N–H and O–H groups in total. The standard InChI is InChI=1S/C21H20F6N4O/c1-20(32,21(25,26)27)11-6-7-17-28-9-16(31(17)10-11)18-13(23)8-14(24)19(30-18)29-15-5-3-2-4-12(15)22/h6-10,12,15,32H,2-5H2,1H3,(H,29,30)/t12-,15-,20-/m0/s1. The summed E-state index contributed by atoms with van der Waals surface area (Å²) in [7, 11) is 0. The number of imidazole rings is 1. The van der Waals surface area contributed by atoms with Crippen molar-refractivity contribution in [3.63, 3.8) is 0 Å². The van der Waals surface area contributed by atoms with Gasteiger partial charge >= 0.3 is 6.18 Å². The molecule has 1 aliphatic carbocycles. The van der Waals surface area contributed by atoms with Gasteiger partial charge in [0.2, 0.25) is 0 Å². The first-order valence-electron chi connectivity index (χ1n) is 10.0. The number of nitrogens with zero attached hydrogens (tertiary/aromatic N) is 3. The van der Waals surface area contributed by atoms with Crippen molar-refractivity contribution in [2.75, 3.05) is 5.32 Å². The van der Waals surface area contributed by atoms with E-state index in [4.69, 9.17) is 0 Å². The van der Waals surface area contributed by atoms with Crippen LogP contribution < -0.4 is 5.32 Å². The molecule has 0 saturated heterocycles. The molecule has 0 aromatic carbocycles. The van der Waals surface area contributed by atoms with Gasteiger partial charge in [-0.3, -0.25) is 4.40 Å². The molecule has 172 valence electrons. The highest BCUT2D eigenvalue weighted by atomic mass is 19.4. The number of aliphatic hydroxyl groups is 1. The Balaban J connectivity index is 1.77. The van der Waals surface area contributed by atoms with Crippen molar-refractivity contribution < 1.29 is 31.4 Å². The summed E-state index contributed by atoms with van der Waals surface area (Å²) in [6, 6.07) is 2.19. The Hall–Kier alpha value is -2.82. The van der Waals surface area contributed by atoms with Gasteiger partial charge in [0.25, 0.3) is 0 Å². The van der Waals surface area contributed by atoms with Crippen LogP contribution in [0.5, 0.6) is 0 Å². The largest absolute Gasteiger partial charge is 0.421 e. The van der Waals surface area contributed by atoms with Crippen molar-refractivity contribution in [3.8, 4) is 11.4 Å². The average molecular weight is 458 g/mol. The second kappa shape index (κ2) is 7.95. The smallest absolute Gasteiger partial charge is 0.376 e. The molecule has 1 fully saturated rings. The first-order valence-corrected chi connectivity index (χ1v) is 10.0. The van der Waals surface area contributed by atoms with Crippen LogP contribution in [-0.4, -0.2) is 37.9 Å². The average Bonchev–Trinajstić information content (AvgIpc) is 3.13. The van der Waals surface area contributed by atoms with Crippen molar-refractivity contribution in [2.45, 2.75) is 56.6 Å². The summed E-state index contributed by atoms with van der Waals surface area (Å²) in [6.07, 6.45) is -1.77. The summed E-state index contributed by atoms with van der Waals surface area (Å²) in [5.74, 6) is -2.44. The number of rotatable bonds is 4. The number of hydrogen-bond donors (Lipinski definition) is 2. The van der Waals surface area contributed by atoms with Crippen LogP contribution in [0.4, 0.5) is 32.2 Å². The Morgan fingerprint density at radius 3 is 2.53 bits per heavy atom. The fraction of sp³-hybridized carbons (Fsp3) is 0.429. The lowest BCUT2D eigenvalue weighted by atomic mass is 9.93. The predicted octanol–water partition coefficient (Wildman–Crippen LogP) is 5.14. The quantitative estimate of drug-likeness (QED) is 0.532. The SMILES string of the molecule is C[C@](O)(c1ccc2ncc(-c3nc(N[C@H]4CCCC[C@@H]4F)c(F)cc3F)n2c1)C(F)(F)F. The molecule has 0 radical (unpaired) electrons. The molecule has 1 saturated carbocycles. The monoisotopic (exact) mass is 458 g/mol. The topological polar surface area (TPSA) is 62.5 Å². The highest BCUT2D eigenvalue weighted by Gasteiger charge is 2.51. The highest BCUT2D eigenvalue weighted by Crippen LogP contribution is 2.39. The molecule has 0 spiro atoms. The summed E-state index contributed by atoms with van der Waals surface area (Å²) in [6.45, 7) is 0.598. The fourth-order valence-electron chi connectivity index (χ4n) is 3.78. The lowest BCUT2D eigenvalue weighted by Crippen LogP contribution is -2.39. The summed E-state index contributed by atoms with van der Waals surface area (Å²) < 4.78 is 84.0. The van der Waals surface area contributed by atoms with Crippen LogP contribution in [0.1, 0.15) is 38.2 Å². The molecular formula is C21H20F6N4O. The van der Waals surface area contributed by atoms with Crippen molar-refractivity contribution in [1.82, 2.24) is 14.4 Å². The Kier molecular flexibility index (Phi) is 5.56. The zero-order valence-electron chi connectivity index (χ0n) is 16.9. The highest BCUT2D eigenvalue weighted by molar-refractivity contribution is 5.63. The molecule has 1 aliphatic rings. The normalized spacial score (nSPS) is 21.5. The van der Waals surface area contributed by atoms with Gasteiger partial charge < -0.3 is 10.4 Å². The van der Waals surface area contributed by atoms with Gasteiger partial charge in [0.1, 0.15) is 17.5 Å². The second-order valence-corrected chi connectivity index (χ2v) is 8.06. The predicted molar refractivity (Wildman–Crippen MR) is 105 cm³/mol. The van der Waals surface area contributed by atoms with Gasteiger partial charge in [-0.15, -0.1) is 0 Å². The van der Waals surface area contributed by atoms with Crippen molar-refractivity contribution in [1.29, 1.82) is 0 Å². The van der Waals surface area contributed by atoms with Crippen LogP contribution in [0.25, 0.3) is 17.0 Å². The van der Waals surface area contributed by atoms with Crippen LogP contribution in [0.2, 0.25) is 0 Å². The molecule has 0 amide bonds. The van der Waals surface area contributed by atoms with E-state index in [0.29, 0.717) is 25.8 Å². The molecule has 3 aromatic rings. The van der Waals surface area contributed by atoms with E-state index in [9.17, 15) is 31.4 Å². The Morgan fingerprint density at radius 2 is 1.84 bits per heavy atom. The minimum absolute atomic E-state index is 0.0548. The van der Waals surface area contributed by atoms with Gasteiger partial charge in [0.05, 0.1) is 17.9 Å². The minimum Gasteiger partial charge on any atom is -0.376 e. The van der Waals surface area contributed by atoms with Gasteiger partial charge in [-0.2, -0.15) is 13.2 Å². The number of halogens is 6. The molecule has 3 atom stereocenters. The molecule has 4 rings (SSSR count). The first-order chi connectivity index (χ1) is 15.0. The second-order valence-electron chi connectivity index (χ2n) is 8.06. The van der Waals surface area contributed by atoms with Gasteiger partial charge in [0, 0.05) is 17.8 Å². The first kappa shape index (κ1) is 22.4. The van der Waals surface area contributed by atoms with E-state index >= 15 is 0 Å². The van der Waals surface area contributed by atoms with Crippen LogP contribution in [0.3, 0.4) is 0 Å².